The number of alkyl halides is 3. The molecule has 1 amide bonds. The van der Waals surface area contributed by atoms with Gasteiger partial charge in [0.1, 0.15) is 0 Å². The fourth-order valence-electron chi connectivity index (χ4n) is 1.83. The van der Waals surface area contributed by atoms with Crippen molar-refractivity contribution >= 4 is 17.6 Å². The summed E-state index contributed by atoms with van der Waals surface area (Å²) in [6.45, 7) is 2.83. The van der Waals surface area contributed by atoms with Crippen molar-refractivity contribution in [2.75, 3.05) is 5.32 Å². The van der Waals surface area contributed by atoms with E-state index in [2.05, 4.69) is 10.4 Å². The molecule has 0 bridgehead atoms. The largest absolute Gasteiger partial charge is 0.479 e. The second kappa shape index (κ2) is 5.99. The molecule has 1 aromatic carbocycles. The number of nitrogens with zero attached hydrogens (tertiary/aromatic N) is 2. The lowest BCUT2D eigenvalue weighted by Crippen LogP contribution is -2.35. The minimum absolute atomic E-state index is 0.171. The lowest BCUT2D eigenvalue weighted by atomic mass is 10.1. The summed E-state index contributed by atoms with van der Waals surface area (Å²) in [6.07, 6.45) is -2.04. The number of halogens is 3. The van der Waals surface area contributed by atoms with Crippen molar-refractivity contribution in [3.8, 4) is 0 Å². The molecule has 0 unspecified atom stereocenters. The first kappa shape index (κ1) is 17.5. The van der Waals surface area contributed by atoms with Crippen molar-refractivity contribution in [3.63, 3.8) is 0 Å². The molecule has 0 aliphatic carbocycles. The molecular weight excluding hydrogens is 327 g/mol. The monoisotopic (exact) mass is 341 g/mol. The summed E-state index contributed by atoms with van der Waals surface area (Å²) in [7, 11) is 0. The van der Waals surface area contributed by atoms with E-state index >= 15 is 0 Å². The smallest absolute Gasteiger partial charge is 0.416 e. The third kappa shape index (κ3) is 3.55. The first-order valence-electron chi connectivity index (χ1n) is 6.79. The number of aliphatic carboxylic acids is 1. The van der Waals surface area contributed by atoms with Crippen LogP contribution in [0.3, 0.4) is 0 Å². The topological polar surface area (TPSA) is 84.2 Å². The molecule has 2 rings (SSSR count). The average Bonchev–Trinajstić information content (AvgIpc) is 2.95. The highest BCUT2D eigenvalue weighted by atomic mass is 19.4. The first-order chi connectivity index (χ1) is 11.0. The number of carboxylic acids is 1. The SMILES string of the molecule is CC(C)(C(=O)O)n1cc(NC(=O)c2cccc(C(F)(F)F)c2)cn1. The van der Waals surface area contributed by atoms with Crippen LogP contribution in [-0.4, -0.2) is 26.8 Å². The van der Waals surface area contributed by atoms with E-state index in [-0.39, 0.29) is 11.3 Å². The van der Waals surface area contributed by atoms with Crippen LogP contribution in [0.25, 0.3) is 0 Å². The molecule has 2 aromatic rings. The Hall–Kier alpha value is -2.84. The quantitative estimate of drug-likeness (QED) is 0.895. The summed E-state index contributed by atoms with van der Waals surface area (Å²) in [5.74, 6) is -1.88. The lowest BCUT2D eigenvalue weighted by Gasteiger charge is -2.19. The zero-order chi connectivity index (χ0) is 18.1. The molecule has 0 saturated carbocycles. The van der Waals surface area contributed by atoms with Gasteiger partial charge in [0.25, 0.3) is 5.91 Å². The molecule has 6 nitrogen and oxygen atoms in total. The number of aromatic nitrogens is 2. The molecule has 2 N–H and O–H groups in total. The van der Waals surface area contributed by atoms with Gasteiger partial charge in [-0.25, -0.2) is 4.79 Å². The van der Waals surface area contributed by atoms with Crippen molar-refractivity contribution in [1.29, 1.82) is 0 Å². The average molecular weight is 341 g/mol. The zero-order valence-electron chi connectivity index (χ0n) is 12.8. The summed E-state index contributed by atoms with van der Waals surface area (Å²) in [5.41, 5.74) is -2.27. The van der Waals surface area contributed by atoms with Crippen molar-refractivity contribution in [2.45, 2.75) is 25.6 Å². The number of anilines is 1. The molecule has 0 saturated heterocycles. The number of hydrogen-bond acceptors (Lipinski definition) is 3. The molecule has 0 spiro atoms. The van der Waals surface area contributed by atoms with Crippen LogP contribution in [-0.2, 0) is 16.5 Å². The molecule has 9 heteroatoms. The Balaban J connectivity index is 2.20. The normalized spacial score (nSPS) is 12.0. The highest BCUT2D eigenvalue weighted by molar-refractivity contribution is 6.04. The second-order valence-electron chi connectivity index (χ2n) is 5.57. The number of amides is 1. The van der Waals surface area contributed by atoms with Gasteiger partial charge in [-0.3, -0.25) is 9.48 Å². The predicted octanol–water partition coefficient (Wildman–Crippen LogP) is 2.97. The van der Waals surface area contributed by atoms with Crippen molar-refractivity contribution < 1.29 is 27.9 Å². The van der Waals surface area contributed by atoms with Crippen LogP contribution >= 0.6 is 0 Å². The van der Waals surface area contributed by atoms with E-state index in [1.807, 2.05) is 0 Å². The van der Waals surface area contributed by atoms with E-state index in [1.54, 1.807) is 0 Å². The molecule has 24 heavy (non-hydrogen) atoms. The summed E-state index contributed by atoms with van der Waals surface area (Å²) in [4.78, 5) is 23.2. The molecule has 0 aliphatic rings. The molecule has 1 aromatic heterocycles. The van der Waals surface area contributed by atoms with Crippen LogP contribution in [0.5, 0.6) is 0 Å². The van der Waals surface area contributed by atoms with Crippen LogP contribution in [0.15, 0.2) is 36.7 Å². The number of carbonyl (C=O) groups is 2. The first-order valence-corrected chi connectivity index (χ1v) is 6.79. The number of carbonyl (C=O) groups excluding carboxylic acids is 1. The molecule has 0 aliphatic heterocycles. The van der Waals surface area contributed by atoms with Crippen LogP contribution in [0, 0.1) is 0 Å². The standard InChI is InChI=1S/C15H14F3N3O3/c1-14(2,13(23)24)21-8-11(7-19-21)20-12(22)9-4-3-5-10(6-9)15(16,17)18/h3-8H,1-2H3,(H,20,22)(H,23,24). The van der Waals surface area contributed by atoms with Gasteiger partial charge >= 0.3 is 12.1 Å². The maximum atomic E-state index is 12.7. The van der Waals surface area contributed by atoms with Crippen molar-refractivity contribution in [3.05, 3.63) is 47.8 Å². The highest BCUT2D eigenvalue weighted by Crippen LogP contribution is 2.29. The Kier molecular flexibility index (Phi) is 4.37. The maximum Gasteiger partial charge on any atom is 0.416 e. The molecule has 0 atom stereocenters. The Bertz CT molecular complexity index is 782. The van der Waals surface area contributed by atoms with Gasteiger partial charge < -0.3 is 10.4 Å². The molecule has 0 radical (unpaired) electrons. The van der Waals surface area contributed by atoms with E-state index < -0.39 is 29.2 Å². The van der Waals surface area contributed by atoms with Crippen LogP contribution < -0.4 is 5.32 Å². The van der Waals surface area contributed by atoms with E-state index in [0.29, 0.717) is 0 Å². The molecule has 128 valence electrons. The number of nitrogens with one attached hydrogen (secondary N) is 1. The fourth-order valence-corrected chi connectivity index (χ4v) is 1.83. The van der Waals surface area contributed by atoms with Gasteiger partial charge in [-0.1, -0.05) is 6.07 Å². The van der Waals surface area contributed by atoms with Gasteiger partial charge in [0, 0.05) is 11.8 Å². The van der Waals surface area contributed by atoms with E-state index in [4.69, 9.17) is 5.11 Å². The Morgan fingerprint density at radius 3 is 2.50 bits per heavy atom. The van der Waals surface area contributed by atoms with E-state index in [9.17, 15) is 22.8 Å². The third-order valence-corrected chi connectivity index (χ3v) is 3.39. The van der Waals surface area contributed by atoms with Gasteiger partial charge in [-0.05, 0) is 32.0 Å². The molecular formula is C15H14F3N3O3. The van der Waals surface area contributed by atoms with Gasteiger partial charge in [0.05, 0.1) is 17.4 Å². The van der Waals surface area contributed by atoms with Gasteiger partial charge in [0.15, 0.2) is 5.54 Å². The van der Waals surface area contributed by atoms with Crippen molar-refractivity contribution in [1.82, 2.24) is 9.78 Å². The Morgan fingerprint density at radius 1 is 1.25 bits per heavy atom. The van der Waals surface area contributed by atoms with Crippen molar-refractivity contribution in [2.24, 2.45) is 0 Å². The number of hydrogen-bond donors (Lipinski definition) is 2. The van der Waals surface area contributed by atoms with E-state index in [0.717, 1.165) is 22.9 Å². The van der Waals surface area contributed by atoms with E-state index in [1.165, 1.54) is 32.3 Å². The Morgan fingerprint density at radius 2 is 1.92 bits per heavy atom. The minimum atomic E-state index is -4.55. The van der Waals surface area contributed by atoms with Gasteiger partial charge in [-0.2, -0.15) is 18.3 Å². The number of benzene rings is 1. The van der Waals surface area contributed by atoms with Gasteiger partial charge in [-0.15, -0.1) is 0 Å². The number of carboxylic acid groups (broad SMARTS) is 1. The maximum absolute atomic E-state index is 12.7. The van der Waals surface area contributed by atoms with Crippen LogP contribution in [0.2, 0.25) is 0 Å². The Labute approximate surface area is 134 Å². The summed E-state index contributed by atoms with van der Waals surface area (Å²) < 4.78 is 39.1. The number of rotatable bonds is 4. The summed E-state index contributed by atoms with van der Waals surface area (Å²) in [5, 5.41) is 15.4. The lowest BCUT2D eigenvalue weighted by molar-refractivity contribution is -0.146. The fraction of sp³-hybridized carbons (Fsp3) is 0.267. The summed E-state index contributed by atoms with van der Waals surface area (Å²) in [6, 6.07) is 3.98. The highest BCUT2D eigenvalue weighted by Gasteiger charge is 2.31. The predicted molar refractivity (Wildman–Crippen MR) is 78.6 cm³/mol. The van der Waals surface area contributed by atoms with Crippen LogP contribution in [0.1, 0.15) is 29.8 Å². The zero-order valence-corrected chi connectivity index (χ0v) is 12.8. The van der Waals surface area contributed by atoms with Gasteiger partial charge in [0.2, 0.25) is 0 Å². The molecule has 1 heterocycles. The summed E-state index contributed by atoms with van der Waals surface area (Å²) >= 11 is 0. The third-order valence-electron chi connectivity index (χ3n) is 3.39. The van der Waals surface area contributed by atoms with Crippen LogP contribution in [0.4, 0.5) is 18.9 Å². The molecule has 0 fully saturated rings. The minimum Gasteiger partial charge on any atom is -0.479 e. The second-order valence-corrected chi connectivity index (χ2v) is 5.57.